The summed E-state index contributed by atoms with van der Waals surface area (Å²) in [7, 11) is 3.23. The molecule has 0 fully saturated rings. The average molecular weight is 356 g/mol. The van der Waals surface area contributed by atoms with Crippen LogP contribution in [0.4, 0.5) is 0 Å². The van der Waals surface area contributed by atoms with Crippen LogP contribution in [0, 0.1) is 0 Å². The molecular weight excluding hydrogens is 332 g/mol. The van der Waals surface area contributed by atoms with E-state index in [2.05, 4.69) is 0 Å². The summed E-state index contributed by atoms with van der Waals surface area (Å²) in [4.78, 5) is 0. The Balaban J connectivity index is 1.67. The molecule has 0 amide bonds. The maximum absolute atomic E-state index is 9.72. The van der Waals surface area contributed by atoms with Crippen molar-refractivity contribution in [3.05, 3.63) is 65.7 Å². The van der Waals surface area contributed by atoms with E-state index in [-0.39, 0.29) is 12.7 Å². The molecule has 0 unspecified atom stereocenters. The zero-order valence-electron chi connectivity index (χ0n) is 15.1. The fraction of sp³-hybridized carbons (Fsp3) is 0.333. The second kappa shape index (κ2) is 8.74. The molecule has 0 aromatic heterocycles. The van der Waals surface area contributed by atoms with Crippen molar-refractivity contribution in [2.75, 3.05) is 20.8 Å². The van der Waals surface area contributed by atoms with Crippen LogP contribution in [0.5, 0.6) is 11.5 Å². The van der Waals surface area contributed by atoms with Crippen LogP contribution < -0.4 is 9.47 Å². The first-order valence-corrected chi connectivity index (χ1v) is 8.60. The van der Waals surface area contributed by atoms with Crippen molar-refractivity contribution in [2.45, 2.75) is 25.2 Å². The third kappa shape index (κ3) is 4.36. The zero-order valence-corrected chi connectivity index (χ0v) is 15.1. The van der Waals surface area contributed by atoms with Crippen LogP contribution in [0.25, 0.3) is 5.76 Å². The van der Waals surface area contributed by atoms with Gasteiger partial charge < -0.3 is 24.1 Å². The van der Waals surface area contributed by atoms with Crippen LogP contribution in [-0.2, 0) is 16.1 Å². The number of aliphatic hydroxyl groups is 1. The van der Waals surface area contributed by atoms with Crippen molar-refractivity contribution in [3.8, 4) is 11.5 Å². The summed E-state index contributed by atoms with van der Waals surface area (Å²) in [5.74, 6) is 2.22. The van der Waals surface area contributed by atoms with Crippen molar-refractivity contribution in [3.63, 3.8) is 0 Å². The Bertz CT molecular complexity index is 719. The van der Waals surface area contributed by atoms with Gasteiger partial charge in [0.2, 0.25) is 0 Å². The molecule has 5 heteroatoms. The maximum Gasteiger partial charge on any atom is 0.148 e. The third-order valence-corrected chi connectivity index (χ3v) is 4.34. The van der Waals surface area contributed by atoms with Crippen molar-refractivity contribution in [2.24, 2.45) is 0 Å². The fourth-order valence-corrected chi connectivity index (χ4v) is 2.93. The molecule has 1 N–H and O–H groups in total. The topological polar surface area (TPSA) is 57.2 Å². The Kier molecular flexibility index (Phi) is 6.15. The molecular formula is C21H24O5. The van der Waals surface area contributed by atoms with Crippen molar-refractivity contribution in [1.82, 2.24) is 0 Å². The van der Waals surface area contributed by atoms with E-state index in [0.717, 1.165) is 16.9 Å². The normalized spacial score (nSPS) is 19.4. The molecule has 0 bridgehead atoms. The van der Waals surface area contributed by atoms with Crippen molar-refractivity contribution in [1.29, 1.82) is 0 Å². The SMILES string of the molecule is COc1cc(CO[C@H]2CC=C(c3ccccc3)O[C@@H]2CO)cc(OC)c1. The highest BCUT2D eigenvalue weighted by Gasteiger charge is 2.28. The summed E-state index contributed by atoms with van der Waals surface area (Å²) in [6, 6.07) is 15.5. The van der Waals surface area contributed by atoms with Gasteiger partial charge in [-0.15, -0.1) is 0 Å². The number of ether oxygens (including phenoxy) is 4. The molecule has 1 aliphatic rings. The molecule has 26 heavy (non-hydrogen) atoms. The number of methoxy groups -OCH3 is 2. The lowest BCUT2D eigenvalue weighted by atomic mass is 10.0. The second-order valence-electron chi connectivity index (χ2n) is 6.08. The van der Waals surface area contributed by atoms with Gasteiger partial charge in [-0.2, -0.15) is 0 Å². The van der Waals surface area contributed by atoms with E-state index in [1.54, 1.807) is 14.2 Å². The number of hydrogen-bond acceptors (Lipinski definition) is 5. The van der Waals surface area contributed by atoms with E-state index in [9.17, 15) is 5.11 Å². The summed E-state index contributed by atoms with van der Waals surface area (Å²) in [6.07, 6.45) is 2.07. The van der Waals surface area contributed by atoms with Gasteiger partial charge in [0.05, 0.1) is 27.4 Å². The largest absolute Gasteiger partial charge is 0.497 e. The van der Waals surface area contributed by atoms with Gasteiger partial charge in [-0.3, -0.25) is 0 Å². The van der Waals surface area contributed by atoms with Gasteiger partial charge in [0.15, 0.2) is 0 Å². The molecule has 2 aromatic rings. The lowest BCUT2D eigenvalue weighted by Gasteiger charge is -2.31. The van der Waals surface area contributed by atoms with Crippen LogP contribution in [0.2, 0.25) is 0 Å². The quantitative estimate of drug-likeness (QED) is 0.824. The second-order valence-corrected chi connectivity index (χ2v) is 6.08. The van der Waals surface area contributed by atoms with Gasteiger partial charge in [0.25, 0.3) is 0 Å². The van der Waals surface area contributed by atoms with E-state index in [0.29, 0.717) is 24.5 Å². The van der Waals surface area contributed by atoms with Crippen LogP contribution >= 0.6 is 0 Å². The Hall–Kier alpha value is -2.50. The van der Waals surface area contributed by atoms with Gasteiger partial charge in [-0.25, -0.2) is 0 Å². The summed E-state index contributed by atoms with van der Waals surface area (Å²) in [5.41, 5.74) is 1.94. The molecule has 0 radical (unpaired) electrons. The highest BCUT2D eigenvalue weighted by Crippen LogP contribution is 2.28. The van der Waals surface area contributed by atoms with Gasteiger partial charge in [-0.1, -0.05) is 30.3 Å². The van der Waals surface area contributed by atoms with Crippen LogP contribution in [0.3, 0.4) is 0 Å². The first-order valence-electron chi connectivity index (χ1n) is 8.60. The van der Waals surface area contributed by atoms with E-state index in [1.807, 2.05) is 54.6 Å². The zero-order chi connectivity index (χ0) is 18.4. The molecule has 0 aliphatic carbocycles. The number of rotatable bonds is 7. The molecule has 0 saturated heterocycles. The van der Waals surface area contributed by atoms with Crippen molar-refractivity contribution < 1.29 is 24.1 Å². The highest BCUT2D eigenvalue weighted by atomic mass is 16.6. The summed E-state index contributed by atoms with van der Waals surface area (Å²) < 4.78 is 22.5. The van der Waals surface area contributed by atoms with E-state index < -0.39 is 6.10 Å². The predicted molar refractivity (Wildman–Crippen MR) is 99.1 cm³/mol. The average Bonchev–Trinajstić information content (AvgIpc) is 2.72. The molecule has 3 rings (SSSR count). The summed E-state index contributed by atoms with van der Waals surface area (Å²) >= 11 is 0. The van der Waals surface area contributed by atoms with Crippen LogP contribution in [-0.4, -0.2) is 38.1 Å². The maximum atomic E-state index is 9.72. The molecule has 1 aliphatic heterocycles. The Morgan fingerprint density at radius 2 is 1.73 bits per heavy atom. The van der Waals surface area contributed by atoms with Gasteiger partial charge in [0, 0.05) is 11.6 Å². The van der Waals surface area contributed by atoms with E-state index in [1.165, 1.54) is 0 Å². The minimum atomic E-state index is -0.400. The molecule has 0 spiro atoms. The molecule has 2 aromatic carbocycles. The van der Waals surface area contributed by atoms with Crippen LogP contribution in [0.1, 0.15) is 17.5 Å². The summed E-state index contributed by atoms with van der Waals surface area (Å²) in [6.45, 7) is 0.281. The summed E-state index contributed by atoms with van der Waals surface area (Å²) in [5, 5.41) is 9.72. The minimum absolute atomic E-state index is 0.101. The first kappa shape index (κ1) is 18.3. The molecule has 5 nitrogen and oxygen atoms in total. The molecule has 1 heterocycles. The highest BCUT2D eigenvalue weighted by molar-refractivity contribution is 5.60. The predicted octanol–water partition coefficient (Wildman–Crippen LogP) is 3.41. The number of aliphatic hydroxyl groups excluding tert-OH is 1. The minimum Gasteiger partial charge on any atom is -0.497 e. The first-order chi connectivity index (χ1) is 12.7. The Morgan fingerprint density at radius 3 is 2.35 bits per heavy atom. The lowest BCUT2D eigenvalue weighted by Crippen LogP contribution is -2.36. The molecule has 0 saturated carbocycles. The number of hydrogen-bond donors (Lipinski definition) is 1. The van der Waals surface area contributed by atoms with Gasteiger partial charge >= 0.3 is 0 Å². The Labute approximate surface area is 153 Å². The third-order valence-electron chi connectivity index (χ3n) is 4.34. The monoisotopic (exact) mass is 356 g/mol. The lowest BCUT2D eigenvalue weighted by molar-refractivity contribution is -0.0693. The van der Waals surface area contributed by atoms with Gasteiger partial charge in [-0.05, 0) is 30.2 Å². The molecule has 138 valence electrons. The Morgan fingerprint density at radius 1 is 1.04 bits per heavy atom. The smallest absolute Gasteiger partial charge is 0.148 e. The fourth-order valence-electron chi connectivity index (χ4n) is 2.93. The standard InChI is InChI=1S/C21H24O5/c1-23-17-10-15(11-18(12-17)24-2)14-25-20-9-8-19(26-21(20)13-22)16-6-4-3-5-7-16/h3-8,10-12,20-22H,9,13-14H2,1-2H3/t20-,21+/m0/s1. The van der Waals surface area contributed by atoms with Crippen LogP contribution in [0.15, 0.2) is 54.6 Å². The van der Waals surface area contributed by atoms with Gasteiger partial charge in [0.1, 0.15) is 29.5 Å². The molecule has 2 atom stereocenters. The van der Waals surface area contributed by atoms with Crippen molar-refractivity contribution >= 4 is 5.76 Å². The number of benzene rings is 2. The van der Waals surface area contributed by atoms with E-state index in [4.69, 9.17) is 18.9 Å². The van der Waals surface area contributed by atoms with E-state index >= 15 is 0 Å².